The zero-order valence-electron chi connectivity index (χ0n) is 26.5. The van der Waals surface area contributed by atoms with Crippen LogP contribution in [0.15, 0.2) is 133 Å². The Labute approximate surface area is 327 Å². The van der Waals surface area contributed by atoms with Gasteiger partial charge in [-0.05, 0) is 48.5 Å². The van der Waals surface area contributed by atoms with Gasteiger partial charge in [0.05, 0.1) is 37.1 Å². The van der Waals surface area contributed by atoms with Crippen LogP contribution in [0, 0.1) is 81.8 Å². The average Bonchev–Trinajstić information content (AvgIpc) is 4.00. The van der Waals surface area contributed by atoms with Gasteiger partial charge in [0, 0.05) is 0 Å². The van der Waals surface area contributed by atoms with Gasteiger partial charge in [-0.15, -0.1) is 0 Å². The van der Waals surface area contributed by atoms with Gasteiger partial charge in [0.2, 0.25) is 0 Å². The molecule has 0 aliphatic heterocycles. The van der Waals surface area contributed by atoms with Gasteiger partial charge in [0.1, 0.15) is 12.3 Å². The molecule has 0 bridgehead atoms. The first kappa shape index (κ1) is 53.3. The summed E-state index contributed by atoms with van der Waals surface area (Å²) < 4.78 is 37.5. The van der Waals surface area contributed by atoms with Crippen molar-refractivity contribution in [1.82, 2.24) is 0 Å². The Morgan fingerprint density at radius 1 is 0.380 bits per heavy atom. The minimum Gasteiger partial charge on any atom is -0.999 e. The van der Waals surface area contributed by atoms with Crippen molar-refractivity contribution in [3.8, 4) is 0 Å². The van der Waals surface area contributed by atoms with Gasteiger partial charge in [-0.3, -0.25) is 0 Å². The van der Waals surface area contributed by atoms with Crippen LogP contribution in [0.4, 0.5) is 0 Å². The molecule has 0 saturated carbocycles. The van der Waals surface area contributed by atoms with Crippen molar-refractivity contribution in [1.29, 1.82) is 0 Å². The largest absolute Gasteiger partial charge is 4.00 e. The molecule has 50 heavy (non-hydrogen) atoms. The molecule has 6 aromatic carbocycles. The van der Waals surface area contributed by atoms with Crippen molar-refractivity contribution in [3.63, 3.8) is 0 Å². The van der Waals surface area contributed by atoms with Crippen molar-refractivity contribution in [2.75, 3.05) is 12.3 Å². The summed E-state index contributed by atoms with van der Waals surface area (Å²) in [4.78, 5) is 0. The number of hydrogen-bond acceptors (Lipinski definition) is 0. The summed E-state index contributed by atoms with van der Waals surface area (Å²) in [5.74, 6) is 0. The summed E-state index contributed by atoms with van der Waals surface area (Å²) in [7, 11) is -1.57. The maximum absolute atomic E-state index is 7.50. The van der Waals surface area contributed by atoms with Gasteiger partial charge in [-0.2, -0.15) is 0 Å². The van der Waals surface area contributed by atoms with Crippen molar-refractivity contribution >= 4 is 37.1 Å². The number of hydrogen-bond donors (Lipinski definition) is 0. The smallest absolute Gasteiger partial charge is 0.999 e. The van der Waals surface area contributed by atoms with E-state index in [-0.39, 0.29) is 42.1 Å². The van der Waals surface area contributed by atoms with Gasteiger partial charge in [-0.1, -0.05) is 72.8 Å². The Balaban J connectivity index is -0.000000399. The molecule has 5 nitrogen and oxygen atoms in total. The van der Waals surface area contributed by atoms with Crippen molar-refractivity contribution in [3.05, 3.63) is 215 Å². The Morgan fingerprint density at radius 2 is 0.560 bits per heavy atom. The molecular formula is C41H28Mo2O5P2-2. The maximum atomic E-state index is 7.50. The molecule has 0 aliphatic rings. The van der Waals surface area contributed by atoms with E-state index in [0.29, 0.717) is 0 Å². The van der Waals surface area contributed by atoms with Gasteiger partial charge >= 0.3 is 98.6 Å². The Bertz CT molecular complexity index is 1330. The summed E-state index contributed by atoms with van der Waals surface area (Å²) in [6.07, 6.45) is 2.52. The summed E-state index contributed by atoms with van der Waals surface area (Å²) in [6, 6.07) is 68.5. The molecular weight excluding hydrogens is 826 g/mol. The van der Waals surface area contributed by atoms with Crippen LogP contribution in [0.25, 0.3) is 0 Å². The summed E-state index contributed by atoms with van der Waals surface area (Å²) >= 11 is 0. The monoisotopic (exact) mass is 858 g/mol. The fourth-order valence-electron chi connectivity index (χ4n) is 4.08. The van der Waals surface area contributed by atoms with Crippen LogP contribution in [0.2, 0.25) is 0 Å². The van der Waals surface area contributed by atoms with Crippen molar-refractivity contribution in [2.24, 2.45) is 0 Å². The third kappa shape index (κ3) is 23.8. The molecule has 0 aromatic heterocycles. The second-order valence-corrected chi connectivity index (χ2v) is 13.5. The fraction of sp³-hybridized carbons (Fsp3) is 0.0488. The first-order chi connectivity index (χ1) is 23.9. The van der Waals surface area contributed by atoms with E-state index in [1.807, 2.05) is 0 Å². The molecule has 0 N–H and O–H groups in total. The zero-order chi connectivity index (χ0) is 36.1. The average molecular weight is 854 g/mol. The Morgan fingerprint density at radius 3 is 0.700 bits per heavy atom. The first-order valence-electron chi connectivity index (χ1n) is 13.5. The van der Waals surface area contributed by atoms with Crippen LogP contribution < -0.4 is 21.2 Å². The molecule has 0 spiro atoms. The maximum Gasteiger partial charge on any atom is 4.00 e. The number of benzene rings is 4. The molecule has 0 fully saturated rings. The van der Waals surface area contributed by atoms with Crippen LogP contribution in [0.5, 0.6) is 0 Å². The topological polar surface area (TPSA) is 99.5 Å². The summed E-state index contributed by atoms with van der Waals surface area (Å²) in [6.45, 7) is 22.5. The summed E-state index contributed by atoms with van der Waals surface area (Å²) in [5, 5.41) is 6.06. The predicted molar refractivity (Wildman–Crippen MR) is 185 cm³/mol. The van der Waals surface area contributed by atoms with E-state index < -0.39 is 15.8 Å². The standard InChI is InChI=1S/C26H24P2.2C5H.5CO.2Mo/c1-5-13-23(14-6-1)27(24-15-7-2-8-16-24)21-22-28(25-17-9-3-10-18-25)26-19-11-4-12-20-26;2*1-2-4-5-3-1;5*1-2;;/h1-20H,21-22H2;2*1H;;;;;;;/q;2*-5;;;;;;+2;+4/p+2. The minimum absolute atomic E-state index is 0. The third-order valence-corrected chi connectivity index (χ3v) is 11.9. The first-order valence-corrected chi connectivity index (χ1v) is 16.9. The van der Waals surface area contributed by atoms with Crippen molar-refractivity contribution < 1.29 is 65.4 Å². The van der Waals surface area contributed by atoms with Crippen LogP contribution in [0.3, 0.4) is 0 Å². The van der Waals surface area contributed by atoms with Crippen LogP contribution in [-0.4, -0.2) is 12.3 Å². The van der Waals surface area contributed by atoms with Gasteiger partial charge in [-0.25, -0.2) is 0 Å². The molecule has 0 saturated heterocycles. The van der Waals surface area contributed by atoms with Crippen LogP contribution >= 0.6 is 15.8 Å². The molecule has 246 valence electrons. The van der Waals surface area contributed by atoms with Crippen LogP contribution in [0.1, 0.15) is 0 Å². The van der Waals surface area contributed by atoms with E-state index in [2.05, 4.69) is 203 Å². The molecule has 9 heteroatoms. The second-order valence-electron chi connectivity index (χ2n) is 8.29. The van der Waals surface area contributed by atoms with Crippen LogP contribution in [-0.2, 0) is 65.4 Å². The second kappa shape index (κ2) is 41.7. The van der Waals surface area contributed by atoms with E-state index in [4.69, 9.17) is 23.3 Å². The molecule has 6 rings (SSSR count). The fourth-order valence-corrected chi connectivity index (χ4v) is 10.3. The normalized spacial score (nSPS) is 8.00. The van der Waals surface area contributed by atoms with E-state index in [9.17, 15) is 0 Å². The van der Waals surface area contributed by atoms with E-state index in [1.54, 1.807) is 12.1 Å². The van der Waals surface area contributed by atoms with Crippen molar-refractivity contribution in [2.45, 2.75) is 0 Å². The van der Waals surface area contributed by atoms with Gasteiger partial charge in [0.25, 0.3) is 0 Å². The van der Waals surface area contributed by atoms with E-state index in [1.165, 1.54) is 33.5 Å². The SMILES string of the molecule is [C-]#[O+].[C-]#[O+].[C-]#[O+].[C-]#[O+].[C-]#[O+].[Mo+2].[Mo+4].[c-]1[c-][c-][cH-][c-]1.[c-]1[c-][c-][cH-][c-]1.c1ccc([PH+](CC[PH+](c2ccccc2)c2ccccc2)c2ccccc2)cc1. The quantitative estimate of drug-likeness (QED) is 0.0849. The third-order valence-electron chi connectivity index (χ3n) is 5.82. The molecule has 0 amide bonds. The molecule has 6 aromatic rings. The van der Waals surface area contributed by atoms with E-state index >= 15 is 0 Å². The molecule has 0 unspecified atom stereocenters. The van der Waals surface area contributed by atoms with Gasteiger partial charge < -0.3 is 60.7 Å². The number of rotatable bonds is 7. The van der Waals surface area contributed by atoms with Gasteiger partial charge in [0.15, 0.2) is 0 Å². The predicted octanol–water partition coefficient (Wildman–Crippen LogP) is 5.74. The molecule has 0 aliphatic carbocycles. The van der Waals surface area contributed by atoms with E-state index in [0.717, 1.165) is 0 Å². The zero-order valence-corrected chi connectivity index (χ0v) is 32.5. The molecule has 0 radical (unpaired) electrons. The molecule has 0 atom stereocenters. The molecule has 0 heterocycles. The Kier molecular flexibility index (Phi) is 44.4. The Hall–Kier alpha value is -3.48. The summed E-state index contributed by atoms with van der Waals surface area (Å²) in [5.41, 5.74) is 0. The minimum atomic E-state index is -0.783.